The van der Waals surface area contributed by atoms with Crippen molar-refractivity contribution in [3.8, 4) is 0 Å². The second-order valence-corrected chi connectivity index (χ2v) is 6.25. The highest BCUT2D eigenvalue weighted by Gasteiger charge is 2.22. The molecule has 1 amide bonds. The molecule has 6 nitrogen and oxygen atoms in total. The van der Waals surface area contributed by atoms with Crippen molar-refractivity contribution in [3.05, 3.63) is 36.0 Å². The molecule has 0 spiro atoms. The van der Waals surface area contributed by atoms with E-state index in [1.54, 1.807) is 0 Å². The van der Waals surface area contributed by atoms with Crippen molar-refractivity contribution in [2.45, 2.75) is 19.3 Å². The molecule has 0 aliphatic carbocycles. The molecule has 0 radical (unpaired) electrons. The van der Waals surface area contributed by atoms with Crippen LogP contribution in [0.3, 0.4) is 0 Å². The topological polar surface area (TPSA) is 76.6 Å². The molecular formula is C18H24ClN3O3. The van der Waals surface area contributed by atoms with E-state index in [2.05, 4.69) is 9.88 Å². The Morgan fingerprint density at radius 3 is 2.48 bits per heavy atom. The van der Waals surface area contributed by atoms with Gasteiger partial charge in [0, 0.05) is 43.5 Å². The number of amides is 1. The minimum atomic E-state index is -0.733. The number of H-pyrrole nitrogens is 1. The zero-order valence-electron chi connectivity index (χ0n) is 14.1. The molecule has 2 heterocycles. The Labute approximate surface area is 153 Å². The maximum atomic E-state index is 12.6. The minimum Gasteiger partial charge on any atom is -0.481 e. The van der Waals surface area contributed by atoms with Crippen LogP contribution in [0.2, 0.25) is 0 Å². The third kappa shape index (κ3) is 4.96. The van der Waals surface area contributed by atoms with Crippen LogP contribution < -0.4 is 0 Å². The molecule has 25 heavy (non-hydrogen) atoms. The van der Waals surface area contributed by atoms with Crippen molar-refractivity contribution >= 4 is 35.2 Å². The molecule has 0 saturated carbocycles. The Hall–Kier alpha value is -2.05. The van der Waals surface area contributed by atoms with Crippen molar-refractivity contribution in [1.82, 2.24) is 14.8 Å². The molecule has 1 fully saturated rings. The maximum Gasteiger partial charge on any atom is 0.303 e. The van der Waals surface area contributed by atoms with Crippen LogP contribution in [0.15, 0.2) is 30.3 Å². The molecule has 0 unspecified atom stereocenters. The second kappa shape index (κ2) is 8.87. The first-order chi connectivity index (χ1) is 11.6. The number of para-hydroxylation sites is 1. The lowest BCUT2D eigenvalue weighted by molar-refractivity contribution is -0.137. The second-order valence-electron chi connectivity index (χ2n) is 6.25. The Morgan fingerprint density at radius 2 is 1.80 bits per heavy atom. The van der Waals surface area contributed by atoms with E-state index in [9.17, 15) is 9.59 Å². The fourth-order valence-corrected chi connectivity index (χ4v) is 3.15. The number of fused-ring (bicyclic) bond motifs is 1. The van der Waals surface area contributed by atoms with Crippen LogP contribution in [0, 0.1) is 0 Å². The number of nitrogens with one attached hydrogen (secondary N) is 1. The normalized spacial score (nSPS) is 15.1. The molecule has 0 atom stereocenters. The summed E-state index contributed by atoms with van der Waals surface area (Å²) in [4.78, 5) is 30.5. The number of hydrogen-bond donors (Lipinski definition) is 2. The number of benzene rings is 1. The summed E-state index contributed by atoms with van der Waals surface area (Å²) in [5.74, 6) is -0.680. The number of carbonyl (C=O) groups excluding carboxylic acids is 1. The van der Waals surface area contributed by atoms with Crippen LogP contribution in [0.1, 0.15) is 29.8 Å². The highest BCUT2D eigenvalue weighted by atomic mass is 35.5. The summed E-state index contributed by atoms with van der Waals surface area (Å²) in [5.41, 5.74) is 1.63. The quantitative estimate of drug-likeness (QED) is 0.771. The van der Waals surface area contributed by atoms with Crippen LogP contribution in [0.25, 0.3) is 10.9 Å². The number of aromatic amines is 1. The van der Waals surface area contributed by atoms with E-state index in [-0.39, 0.29) is 24.7 Å². The van der Waals surface area contributed by atoms with E-state index in [0.717, 1.165) is 37.0 Å². The summed E-state index contributed by atoms with van der Waals surface area (Å²) in [6, 6.07) is 9.80. The van der Waals surface area contributed by atoms with Gasteiger partial charge in [-0.3, -0.25) is 14.5 Å². The van der Waals surface area contributed by atoms with E-state index in [1.165, 1.54) is 0 Å². The molecule has 7 heteroatoms. The number of nitrogens with zero attached hydrogens (tertiary/aromatic N) is 2. The molecule has 1 aliphatic rings. The van der Waals surface area contributed by atoms with Gasteiger partial charge in [0.25, 0.3) is 5.91 Å². The number of carbonyl (C=O) groups is 2. The van der Waals surface area contributed by atoms with Gasteiger partial charge in [0.05, 0.1) is 0 Å². The summed E-state index contributed by atoms with van der Waals surface area (Å²) in [6.07, 6.45) is 1.84. The first-order valence-corrected chi connectivity index (χ1v) is 8.44. The Kier molecular flexibility index (Phi) is 6.84. The number of carboxylic acid groups (broad SMARTS) is 1. The first-order valence-electron chi connectivity index (χ1n) is 8.44. The number of piperazine rings is 1. The number of unbranched alkanes of at least 4 members (excludes halogenated alkanes) is 1. The predicted molar refractivity (Wildman–Crippen MR) is 99.4 cm³/mol. The van der Waals surface area contributed by atoms with Gasteiger partial charge in [-0.2, -0.15) is 0 Å². The lowest BCUT2D eigenvalue weighted by Crippen LogP contribution is -2.48. The van der Waals surface area contributed by atoms with E-state index >= 15 is 0 Å². The lowest BCUT2D eigenvalue weighted by atomic mass is 10.2. The van der Waals surface area contributed by atoms with Gasteiger partial charge in [-0.25, -0.2) is 0 Å². The average molecular weight is 366 g/mol. The van der Waals surface area contributed by atoms with E-state index in [1.807, 2.05) is 35.2 Å². The molecule has 2 N–H and O–H groups in total. The minimum absolute atomic E-state index is 0. The number of aromatic nitrogens is 1. The van der Waals surface area contributed by atoms with Crippen molar-refractivity contribution < 1.29 is 14.7 Å². The van der Waals surface area contributed by atoms with Gasteiger partial charge in [0.15, 0.2) is 0 Å². The molecular weight excluding hydrogens is 342 g/mol. The number of rotatable bonds is 6. The van der Waals surface area contributed by atoms with Gasteiger partial charge < -0.3 is 15.0 Å². The molecule has 0 bridgehead atoms. The van der Waals surface area contributed by atoms with E-state index in [0.29, 0.717) is 25.2 Å². The Bertz CT molecular complexity index is 690. The number of hydrogen-bond acceptors (Lipinski definition) is 3. The van der Waals surface area contributed by atoms with E-state index in [4.69, 9.17) is 5.11 Å². The molecule has 3 rings (SSSR count). The fourth-order valence-electron chi connectivity index (χ4n) is 3.15. The van der Waals surface area contributed by atoms with Gasteiger partial charge in [-0.1, -0.05) is 18.2 Å². The smallest absolute Gasteiger partial charge is 0.303 e. The zero-order valence-corrected chi connectivity index (χ0v) is 14.9. The van der Waals surface area contributed by atoms with Gasteiger partial charge in [-0.15, -0.1) is 12.4 Å². The third-order valence-electron chi connectivity index (χ3n) is 4.53. The van der Waals surface area contributed by atoms with Gasteiger partial charge in [0.2, 0.25) is 0 Å². The van der Waals surface area contributed by atoms with E-state index < -0.39 is 5.97 Å². The Morgan fingerprint density at radius 1 is 1.08 bits per heavy atom. The fraction of sp³-hybridized carbons (Fsp3) is 0.444. The van der Waals surface area contributed by atoms with Crippen molar-refractivity contribution in [1.29, 1.82) is 0 Å². The van der Waals surface area contributed by atoms with Gasteiger partial charge in [-0.05, 0) is 31.5 Å². The van der Waals surface area contributed by atoms with Crippen LogP contribution in [0.5, 0.6) is 0 Å². The summed E-state index contributed by atoms with van der Waals surface area (Å²) in [7, 11) is 0. The van der Waals surface area contributed by atoms with Crippen molar-refractivity contribution in [2.75, 3.05) is 32.7 Å². The van der Waals surface area contributed by atoms with Crippen LogP contribution in [-0.4, -0.2) is 64.5 Å². The summed E-state index contributed by atoms with van der Waals surface area (Å²) >= 11 is 0. The molecule has 1 aromatic heterocycles. The highest BCUT2D eigenvalue weighted by molar-refractivity contribution is 5.98. The predicted octanol–water partition coefficient (Wildman–Crippen LogP) is 2.60. The third-order valence-corrected chi connectivity index (χ3v) is 4.53. The highest BCUT2D eigenvalue weighted by Crippen LogP contribution is 2.17. The monoisotopic (exact) mass is 365 g/mol. The zero-order chi connectivity index (χ0) is 16.9. The summed E-state index contributed by atoms with van der Waals surface area (Å²) < 4.78 is 0. The van der Waals surface area contributed by atoms with Gasteiger partial charge in [0.1, 0.15) is 5.69 Å². The SMILES string of the molecule is Cl.O=C(O)CCCCN1CCN(C(=O)c2cc3ccccc3[nH]2)CC1. The maximum absolute atomic E-state index is 12.6. The summed E-state index contributed by atoms with van der Waals surface area (Å²) in [5, 5.41) is 9.70. The standard InChI is InChI=1S/C18H23N3O3.ClH/c22-17(23)7-3-4-8-20-9-11-21(12-10-20)18(24)16-13-14-5-1-2-6-15(14)19-16;/h1-2,5-6,13,19H,3-4,7-12H2,(H,22,23);1H. The molecule has 1 aliphatic heterocycles. The van der Waals surface area contributed by atoms with Gasteiger partial charge >= 0.3 is 5.97 Å². The first kappa shape index (κ1) is 19.3. The van der Waals surface area contributed by atoms with Crippen molar-refractivity contribution in [3.63, 3.8) is 0 Å². The molecule has 1 aromatic carbocycles. The molecule has 136 valence electrons. The van der Waals surface area contributed by atoms with Crippen LogP contribution >= 0.6 is 12.4 Å². The van der Waals surface area contributed by atoms with Crippen LogP contribution in [0.4, 0.5) is 0 Å². The molecule has 2 aromatic rings. The molecule has 1 saturated heterocycles. The summed E-state index contributed by atoms with van der Waals surface area (Å²) in [6.45, 7) is 4.03. The van der Waals surface area contributed by atoms with Crippen molar-refractivity contribution in [2.24, 2.45) is 0 Å². The largest absolute Gasteiger partial charge is 0.481 e. The Balaban J connectivity index is 0.00000225. The average Bonchev–Trinajstić information content (AvgIpc) is 3.02. The number of carboxylic acids is 1. The number of aliphatic carboxylic acids is 1. The van der Waals surface area contributed by atoms with Crippen LogP contribution in [-0.2, 0) is 4.79 Å². The lowest BCUT2D eigenvalue weighted by Gasteiger charge is -2.34. The number of halogens is 1.